The Kier molecular flexibility index (Phi) is 7.17. The van der Waals surface area contributed by atoms with Crippen molar-refractivity contribution in [1.82, 2.24) is 9.97 Å². The average Bonchev–Trinajstić information content (AvgIpc) is 3.65. The SMILES string of the molecule is c1ccc(-c2cc(-c3ccc4oc5ccccc5c4c3)cc(-c3cc(-c4ccc5c6ccccc6c6ccccc6c5c4)nc(-c4ccccc4)n3)c2)cc1. The fourth-order valence-electron chi connectivity index (χ4n) is 8.17. The molecule has 55 heavy (non-hydrogen) atoms. The smallest absolute Gasteiger partial charge is 0.160 e. The lowest BCUT2D eigenvalue weighted by Crippen LogP contribution is -1.97. The fraction of sp³-hybridized carbons (Fsp3) is 0. The van der Waals surface area contributed by atoms with Gasteiger partial charge in [0.1, 0.15) is 11.2 Å². The topological polar surface area (TPSA) is 38.9 Å². The molecule has 0 N–H and O–H groups in total. The predicted octanol–water partition coefficient (Wildman–Crippen LogP) is 14.2. The minimum atomic E-state index is 0.689. The number of furan rings is 1. The van der Waals surface area contributed by atoms with Gasteiger partial charge in [-0.05, 0) is 103 Å². The Morgan fingerprint density at radius 3 is 1.42 bits per heavy atom. The number of benzene rings is 9. The highest BCUT2D eigenvalue weighted by atomic mass is 16.3. The van der Waals surface area contributed by atoms with Crippen molar-refractivity contribution in [3.05, 3.63) is 194 Å². The quantitative estimate of drug-likeness (QED) is 0.168. The van der Waals surface area contributed by atoms with Crippen molar-refractivity contribution in [1.29, 1.82) is 0 Å². The van der Waals surface area contributed by atoms with Crippen LogP contribution >= 0.6 is 0 Å². The van der Waals surface area contributed by atoms with Crippen LogP contribution in [0.15, 0.2) is 199 Å². The second-order valence-corrected chi connectivity index (χ2v) is 14.2. The van der Waals surface area contributed by atoms with Crippen LogP contribution in [0.3, 0.4) is 0 Å². The van der Waals surface area contributed by atoms with E-state index >= 15 is 0 Å². The molecule has 2 aromatic heterocycles. The first-order chi connectivity index (χ1) is 27.2. The van der Waals surface area contributed by atoms with Crippen LogP contribution in [0.1, 0.15) is 0 Å². The van der Waals surface area contributed by atoms with Crippen LogP contribution in [0.4, 0.5) is 0 Å². The van der Waals surface area contributed by atoms with E-state index in [1.807, 2.05) is 30.3 Å². The lowest BCUT2D eigenvalue weighted by Gasteiger charge is -2.14. The Labute approximate surface area is 317 Å². The molecule has 0 amide bonds. The maximum Gasteiger partial charge on any atom is 0.160 e. The van der Waals surface area contributed by atoms with Gasteiger partial charge in [0, 0.05) is 27.5 Å². The number of fused-ring (bicyclic) bond motifs is 9. The van der Waals surface area contributed by atoms with Gasteiger partial charge in [0.15, 0.2) is 5.82 Å². The molecule has 256 valence electrons. The average molecular weight is 701 g/mol. The molecule has 0 radical (unpaired) electrons. The van der Waals surface area contributed by atoms with Crippen LogP contribution in [0.25, 0.3) is 110 Å². The van der Waals surface area contributed by atoms with Gasteiger partial charge in [-0.3, -0.25) is 0 Å². The molecular formula is C52H32N2O. The molecule has 3 nitrogen and oxygen atoms in total. The third-order valence-electron chi connectivity index (χ3n) is 10.8. The fourth-order valence-corrected chi connectivity index (χ4v) is 8.17. The van der Waals surface area contributed by atoms with Crippen LogP contribution < -0.4 is 0 Å². The molecule has 0 aliphatic carbocycles. The van der Waals surface area contributed by atoms with E-state index in [2.05, 4.69) is 164 Å². The molecule has 0 unspecified atom stereocenters. The molecule has 0 aliphatic rings. The van der Waals surface area contributed by atoms with Gasteiger partial charge < -0.3 is 4.42 Å². The summed E-state index contributed by atoms with van der Waals surface area (Å²) in [6.07, 6.45) is 0. The molecule has 0 spiro atoms. The normalized spacial score (nSPS) is 11.6. The first-order valence-corrected chi connectivity index (χ1v) is 18.6. The van der Waals surface area contributed by atoms with Crippen molar-refractivity contribution in [3.8, 4) is 56.2 Å². The summed E-state index contributed by atoms with van der Waals surface area (Å²) in [5.74, 6) is 0.689. The first-order valence-electron chi connectivity index (χ1n) is 18.6. The van der Waals surface area contributed by atoms with E-state index in [0.29, 0.717) is 5.82 Å². The van der Waals surface area contributed by atoms with Crippen molar-refractivity contribution in [2.45, 2.75) is 0 Å². The van der Waals surface area contributed by atoms with Gasteiger partial charge in [-0.25, -0.2) is 9.97 Å². The van der Waals surface area contributed by atoms with Crippen molar-refractivity contribution in [2.75, 3.05) is 0 Å². The summed E-state index contributed by atoms with van der Waals surface area (Å²) in [4.78, 5) is 10.5. The van der Waals surface area contributed by atoms with Crippen LogP contribution in [-0.2, 0) is 0 Å². The van der Waals surface area contributed by atoms with Crippen LogP contribution in [0.5, 0.6) is 0 Å². The molecule has 0 atom stereocenters. The molecule has 0 aliphatic heterocycles. The minimum absolute atomic E-state index is 0.689. The number of hydrogen-bond acceptors (Lipinski definition) is 3. The van der Waals surface area contributed by atoms with E-state index in [0.717, 1.165) is 72.3 Å². The summed E-state index contributed by atoms with van der Waals surface area (Å²) >= 11 is 0. The monoisotopic (exact) mass is 700 g/mol. The van der Waals surface area contributed by atoms with Gasteiger partial charge in [-0.2, -0.15) is 0 Å². The zero-order chi connectivity index (χ0) is 36.3. The molecule has 11 rings (SSSR count). The number of nitrogens with zero attached hydrogens (tertiary/aromatic N) is 2. The van der Waals surface area contributed by atoms with Gasteiger partial charge >= 0.3 is 0 Å². The highest BCUT2D eigenvalue weighted by molar-refractivity contribution is 6.25. The standard InChI is InChI=1S/C52H32N2O/c1-3-13-33(14-4-1)37-27-38(35-24-26-51-47(30-35)45-21-11-12-22-50(45)55-51)29-39(28-37)49-32-48(53-52(54-49)34-15-5-2-6-16-34)36-23-25-44-42-19-8-7-17-40(42)41-18-9-10-20-43(41)46(44)31-36/h1-32H. The van der Waals surface area contributed by atoms with Crippen molar-refractivity contribution < 1.29 is 4.42 Å². The maximum atomic E-state index is 6.19. The van der Waals surface area contributed by atoms with Crippen LogP contribution in [-0.4, -0.2) is 9.97 Å². The summed E-state index contributed by atoms with van der Waals surface area (Å²) in [7, 11) is 0. The lowest BCUT2D eigenvalue weighted by molar-refractivity contribution is 0.669. The molecule has 0 fully saturated rings. The van der Waals surface area contributed by atoms with Gasteiger partial charge in [-0.15, -0.1) is 0 Å². The maximum absolute atomic E-state index is 6.19. The van der Waals surface area contributed by atoms with E-state index in [9.17, 15) is 0 Å². The van der Waals surface area contributed by atoms with Crippen LogP contribution in [0.2, 0.25) is 0 Å². The minimum Gasteiger partial charge on any atom is -0.456 e. The summed E-state index contributed by atoms with van der Waals surface area (Å²) in [6.45, 7) is 0. The van der Waals surface area contributed by atoms with E-state index < -0.39 is 0 Å². The Balaban J connectivity index is 1.14. The van der Waals surface area contributed by atoms with Gasteiger partial charge in [0.05, 0.1) is 11.4 Å². The second kappa shape index (κ2) is 12.6. The molecule has 0 saturated heterocycles. The Morgan fingerprint density at radius 1 is 0.255 bits per heavy atom. The highest BCUT2D eigenvalue weighted by Crippen LogP contribution is 2.40. The van der Waals surface area contributed by atoms with Crippen molar-refractivity contribution in [3.63, 3.8) is 0 Å². The summed E-state index contributed by atoms with van der Waals surface area (Å²) in [5.41, 5.74) is 11.0. The molecule has 2 heterocycles. The highest BCUT2D eigenvalue weighted by Gasteiger charge is 2.16. The number of rotatable bonds is 5. The predicted molar refractivity (Wildman–Crippen MR) is 229 cm³/mol. The molecule has 9 aromatic carbocycles. The largest absolute Gasteiger partial charge is 0.456 e. The van der Waals surface area contributed by atoms with E-state index in [1.54, 1.807) is 0 Å². The second-order valence-electron chi connectivity index (χ2n) is 14.2. The molecule has 3 heteroatoms. The Bertz CT molecular complexity index is 3220. The summed E-state index contributed by atoms with van der Waals surface area (Å²) in [6, 6.07) is 68.7. The summed E-state index contributed by atoms with van der Waals surface area (Å²) in [5, 5.41) is 9.67. The molecule has 0 bridgehead atoms. The number of para-hydroxylation sites is 1. The molecular weight excluding hydrogens is 669 g/mol. The van der Waals surface area contributed by atoms with Gasteiger partial charge in [-0.1, -0.05) is 146 Å². The number of aromatic nitrogens is 2. The van der Waals surface area contributed by atoms with Gasteiger partial charge in [0.2, 0.25) is 0 Å². The third kappa shape index (κ3) is 5.36. The number of hydrogen-bond donors (Lipinski definition) is 0. The summed E-state index contributed by atoms with van der Waals surface area (Å²) < 4.78 is 6.19. The van der Waals surface area contributed by atoms with Crippen LogP contribution in [0, 0.1) is 0 Å². The van der Waals surface area contributed by atoms with E-state index in [4.69, 9.17) is 14.4 Å². The van der Waals surface area contributed by atoms with Crippen molar-refractivity contribution in [2.24, 2.45) is 0 Å². The molecule has 11 aromatic rings. The Hall–Kier alpha value is -7.36. The zero-order valence-corrected chi connectivity index (χ0v) is 29.8. The lowest BCUT2D eigenvalue weighted by atomic mass is 9.92. The van der Waals surface area contributed by atoms with Gasteiger partial charge in [0.25, 0.3) is 0 Å². The van der Waals surface area contributed by atoms with E-state index in [-0.39, 0.29) is 0 Å². The third-order valence-corrected chi connectivity index (χ3v) is 10.8. The first kappa shape index (κ1) is 31.2. The van der Waals surface area contributed by atoms with Crippen molar-refractivity contribution >= 4 is 54.3 Å². The Morgan fingerprint density at radius 2 is 0.727 bits per heavy atom. The zero-order valence-electron chi connectivity index (χ0n) is 29.8. The molecule has 0 saturated carbocycles. The van der Waals surface area contributed by atoms with E-state index in [1.165, 1.54) is 32.3 Å².